The van der Waals surface area contributed by atoms with Crippen LogP contribution in [0, 0.1) is 6.92 Å². The molecule has 0 radical (unpaired) electrons. The third-order valence-electron chi connectivity index (χ3n) is 5.95. The van der Waals surface area contributed by atoms with Crippen LogP contribution in [0.25, 0.3) is 22.4 Å². The molecule has 5 rings (SSSR count). The predicted molar refractivity (Wildman–Crippen MR) is 134 cm³/mol. The van der Waals surface area contributed by atoms with Gasteiger partial charge >= 0.3 is 6.18 Å². The Morgan fingerprint density at radius 1 is 1.22 bits per heavy atom. The summed E-state index contributed by atoms with van der Waals surface area (Å²) in [4.78, 5) is 26.4. The lowest BCUT2D eigenvalue weighted by Crippen LogP contribution is -2.48. The Morgan fingerprint density at radius 2 is 2.03 bits per heavy atom. The number of nitrogens with zero attached hydrogens (tertiary/aromatic N) is 3. The number of rotatable bonds is 4. The van der Waals surface area contributed by atoms with Gasteiger partial charge in [-0.1, -0.05) is 6.07 Å². The molecule has 4 aromatic rings. The van der Waals surface area contributed by atoms with Crippen molar-refractivity contribution in [3.05, 3.63) is 58.6 Å². The van der Waals surface area contributed by atoms with Gasteiger partial charge in [0.25, 0.3) is 5.91 Å². The zero-order valence-corrected chi connectivity index (χ0v) is 20.7. The monoisotopic (exact) mass is 515 g/mol. The van der Waals surface area contributed by atoms with Gasteiger partial charge in [-0.15, -0.1) is 11.3 Å². The first-order valence-electron chi connectivity index (χ1n) is 11.3. The minimum Gasteiger partial charge on any atom is -0.372 e. The number of benzene rings is 2. The van der Waals surface area contributed by atoms with Crippen molar-refractivity contribution in [3.8, 4) is 11.4 Å². The van der Waals surface area contributed by atoms with Crippen molar-refractivity contribution >= 4 is 39.1 Å². The van der Waals surface area contributed by atoms with Crippen molar-refractivity contribution in [1.82, 2.24) is 15.0 Å². The van der Waals surface area contributed by atoms with E-state index in [1.165, 1.54) is 17.4 Å². The van der Waals surface area contributed by atoms with Gasteiger partial charge in [0.2, 0.25) is 0 Å². The summed E-state index contributed by atoms with van der Waals surface area (Å²) in [7, 11) is 0. The highest BCUT2D eigenvalue weighted by Gasteiger charge is 2.36. The molecule has 0 aliphatic carbocycles. The minimum atomic E-state index is -4.60. The number of H-pyrrole nitrogens is 1. The number of aromatic nitrogens is 3. The number of carbonyl (C=O) groups excluding carboxylic acids is 1. The summed E-state index contributed by atoms with van der Waals surface area (Å²) < 4.78 is 48.3. The summed E-state index contributed by atoms with van der Waals surface area (Å²) in [6.45, 7) is 7.06. The van der Waals surface area contributed by atoms with E-state index < -0.39 is 23.2 Å². The first-order chi connectivity index (χ1) is 17.0. The zero-order chi connectivity index (χ0) is 25.7. The molecule has 1 aliphatic heterocycles. The number of aromatic amines is 1. The normalized spacial score (nSPS) is 15.9. The van der Waals surface area contributed by atoms with Gasteiger partial charge in [-0.25, -0.2) is 9.97 Å². The molecule has 0 atom stereocenters. The molecular weight excluding hydrogens is 491 g/mol. The molecule has 1 saturated heterocycles. The van der Waals surface area contributed by atoms with Crippen molar-refractivity contribution in [2.75, 3.05) is 29.9 Å². The fourth-order valence-electron chi connectivity index (χ4n) is 4.33. The van der Waals surface area contributed by atoms with Crippen LogP contribution in [0.2, 0.25) is 0 Å². The number of ether oxygens (including phenoxy) is 1. The molecular formula is C25H24F3N5O2S. The molecule has 2 aromatic carbocycles. The Kier molecular flexibility index (Phi) is 6.00. The van der Waals surface area contributed by atoms with Crippen LogP contribution in [0.15, 0.2) is 41.8 Å². The number of morpholine rings is 1. The molecule has 7 nitrogen and oxygen atoms in total. The first-order valence-corrected chi connectivity index (χ1v) is 12.2. The van der Waals surface area contributed by atoms with E-state index in [4.69, 9.17) is 4.74 Å². The molecule has 0 spiro atoms. The van der Waals surface area contributed by atoms with Crippen LogP contribution in [0.3, 0.4) is 0 Å². The van der Waals surface area contributed by atoms with Gasteiger partial charge in [-0.3, -0.25) is 10.1 Å². The third-order valence-corrected chi connectivity index (χ3v) is 6.83. The van der Waals surface area contributed by atoms with Crippen LogP contribution in [0.5, 0.6) is 0 Å². The summed E-state index contributed by atoms with van der Waals surface area (Å²) in [6, 6.07) is 9.15. The summed E-state index contributed by atoms with van der Waals surface area (Å²) in [5.41, 5.74) is 0.887. The van der Waals surface area contributed by atoms with Gasteiger partial charge in [0.1, 0.15) is 11.3 Å². The molecule has 1 fully saturated rings. The molecule has 36 heavy (non-hydrogen) atoms. The number of carbonyl (C=O) groups is 1. The largest absolute Gasteiger partial charge is 0.417 e. The average Bonchev–Trinajstić information content (AvgIpc) is 3.43. The van der Waals surface area contributed by atoms with E-state index >= 15 is 0 Å². The number of anilines is 2. The van der Waals surface area contributed by atoms with Gasteiger partial charge in [-0.2, -0.15) is 13.2 Å². The van der Waals surface area contributed by atoms with Gasteiger partial charge in [0.15, 0.2) is 5.13 Å². The van der Waals surface area contributed by atoms with Gasteiger partial charge in [0.05, 0.1) is 34.5 Å². The number of alkyl halides is 3. The number of nitrogens with one attached hydrogen (secondary N) is 2. The highest BCUT2D eigenvalue weighted by molar-refractivity contribution is 7.13. The topological polar surface area (TPSA) is 83.1 Å². The van der Waals surface area contributed by atoms with Crippen molar-refractivity contribution in [2.45, 2.75) is 32.5 Å². The Labute approximate surface area is 209 Å². The number of hydrogen-bond acceptors (Lipinski definition) is 6. The summed E-state index contributed by atoms with van der Waals surface area (Å²) in [6.07, 6.45) is -4.60. The second-order valence-corrected chi connectivity index (χ2v) is 10.2. The first kappa shape index (κ1) is 24.3. The Hall–Kier alpha value is -3.44. The van der Waals surface area contributed by atoms with Crippen LogP contribution >= 0.6 is 11.3 Å². The van der Waals surface area contributed by atoms with E-state index in [1.54, 1.807) is 24.3 Å². The fraction of sp³-hybridized carbons (Fsp3) is 0.320. The third kappa shape index (κ3) is 4.80. The highest BCUT2D eigenvalue weighted by Crippen LogP contribution is 2.39. The summed E-state index contributed by atoms with van der Waals surface area (Å²) in [5.74, 6) is -0.397. The minimum absolute atomic E-state index is 0.0384. The standard InChI is InChI=1S/C25H24F3N5O2S/c1-14-12-36-23(29-14)32-22(34)17-5-4-6-19-20(17)31-21(30-19)16-8-7-15(11-18(16)25(26,27)28)33-9-10-35-24(2,3)13-33/h4-8,11-12H,9-10,13H2,1-3H3,(H,30,31)(H,29,32,34). The molecule has 11 heteroatoms. The zero-order valence-electron chi connectivity index (χ0n) is 19.9. The van der Waals surface area contributed by atoms with Crippen LogP contribution in [-0.2, 0) is 10.9 Å². The molecule has 1 amide bonds. The second kappa shape index (κ2) is 8.90. The smallest absolute Gasteiger partial charge is 0.372 e. The van der Waals surface area contributed by atoms with Crippen molar-refractivity contribution < 1.29 is 22.7 Å². The molecule has 0 bridgehead atoms. The van der Waals surface area contributed by atoms with Crippen LogP contribution in [0.4, 0.5) is 24.0 Å². The molecule has 2 aromatic heterocycles. The number of aryl methyl sites for hydroxylation is 1. The maximum absolute atomic E-state index is 14.2. The van der Waals surface area contributed by atoms with E-state index in [9.17, 15) is 18.0 Å². The van der Waals surface area contributed by atoms with Gasteiger partial charge in [0, 0.05) is 29.7 Å². The molecule has 2 N–H and O–H groups in total. The lowest BCUT2D eigenvalue weighted by atomic mass is 10.0. The summed E-state index contributed by atoms with van der Waals surface area (Å²) >= 11 is 1.29. The Morgan fingerprint density at radius 3 is 2.72 bits per heavy atom. The number of fused-ring (bicyclic) bond motifs is 1. The Bertz CT molecular complexity index is 1440. The molecule has 1 aliphatic rings. The molecule has 3 heterocycles. The lowest BCUT2D eigenvalue weighted by molar-refractivity contribution is -0.137. The van der Waals surface area contributed by atoms with Crippen molar-refractivity contribution in [2.24, 2.45) is 0 Å². The number of para-hydroxylation sites is 1. The van der Waals surface area contributed by atoms with Gasteiger partial charge in [-0.05, 0) is 51.1 Å². The number of halogens is 3. The maximum atomic E-state index is 14.2. The SMILES string of the molecule is Cc1csc(NC(=O)c2cccc3[nH]c(-c4ccc(N5CCOC(C)(C)C5)cc4C(F)(F)F)nc23)n1. The highest BCUT2D eigenvalue weighted by atomic mass is 32.1. The van der Waals surface area contributed by atoms with E-state index in [2.05, 4.69) is 20.3 Å². The van der Waals surface area contributed by atoms with Crippen molar-refractivity contribution in [3.63, 3.8) is 0 Å². The number of amides is 1. The fourth-order valence-corrected chi connectivity index (χ4v) is 5.01. The van der Waals surface area contributed by atoms with Crippen LogP contribution < -0.4 is 10.2 Å². The lowest BCUT2D eigenvalue weighted by Gasteiger charge is -2.39. The summed E-state index contributed by atoms with van der Waals surface area (Å²) in [5, 5.41) is 4.97. The number of imidazole rings is 1. The molecule has 0 unspecified atom stereocenters. The average molecular weight is 516 g/mol. The number of hydrogen-bond donors (Lipinski definition) is 2. The van der Waals surface area contributed by atoms with E-state index in [0.29, 0.717) is 36.0 Å². The molecule has 0 saturated carbocycles. The van der Waals surface area contributed by atoms with Crippen LogP contribution in [-0.4, -0.2) is 46.2 Å². The van der Waals surface area contributed by atoms with Crippen LogP contribution in [0.1, 0.15) is 35.5 Å². The molecule has 188 valence electrons. The van der Waals surface area contributed by atoms with E-state index in [0.717, 1.165) is 11.8 Å². The predicted octanol–water partition coefficient (Wildman–Crippen LogP) is 5.88. The van der Waals surface area contributed by atoms with Crippen molar-refractivity contribution in [1.29, 1.82) is 0 Å². The quantitative estimate of drug-likeness (QED) is 0.355. The van der Waals surface area contributed by atoms with E-state index in [-0.39, 0.29) is 22.5 Å². The number of thiazole rings is 1. The van der Waals surface area contributed by atoms with Gasteiger partial charge < -0.3 is 14.6 Å². The Balaban J connectivity index is 1.53. The maximum Gasteiger partial charge on any atom is 0.417 e. The second-order valence-electron chi connectivity index (χ2n) is 9.29. The van der Waals surface area contributed by atoms with E-state index in [1.807, 2.05) is 31.1 Å².